The molecule has 6 heteroatoms. The molecule has 0 saturated carbocycles. The largest absolute Gasteiger partial charge is 0.508 e. The molecule has 0 aliphatic carbocycles. The van der Waals surface area contributed by atoms with Gasteiger partial charge in [0.15, 0.2) is 0 Å². The van der Waals surface area contributed by atoms with Crippen LogP contribution in [-0.2, 0) is 16.0 Å². The van der Waals surface area contributed by atoms with Crippen molar-refractivity contribution in [2.75, 3.05) is 26.2 Å². The number of nitrogens with one attached hydrogen (secondary N) is 1. The number of rotatable bonds is 6. The zero-order valence-corrected chi connectivity index (χ0v) is 15.1. The fourth-order valence-electron chi connectivity index (χ4n) is 3.04. The van der Waals surface area contributed by atoms with Crippen molar-refractivity contribution in [2.24, 2.45) is 0 Å². The van der Waals surface area contributed by atoms with E-state index in [1.807, 2.05) is 35.2 Å². The van der Waals surface area contributed by atoms with Gasteiger partial charge in [-0.05, 0) is 36.2 Å². The van der Waals surface area contributed by atoms with Crippen LogP contribution < -0.4 is 5.32 Å². The Balaban J connectivity index is 1.45. The third kappa shape index (κ3) is 5.56. The summed E-state index contributed by atoms with van der Waals surface area (Å²) in [7, 11) is 0. The van der Waals surface area contributed by atoms with Gasteiger partial charge in [0.2, 0.25) is 5.91 Å². The molecule has 1 atom stereocenters. The second-order valence-corrected chi connectivity index (χ2v) is 6.58. The molecule has 1 unspecified atom stereocenters. The molecule has 142 valence electrons. The molecule has 1 saturated heterocycles. The number of carbonyl (C=O) groups excluding carboxylic acids is 2. The Bertz CT molecular complexity index is 762. The summed E-state index contributed by atoms with van der Waals surface area (Å²) < 4.78 is 5.68. The second-order valence-electron chi connectivity index (χ2n) is 6.58. The Morgan fingerprint density at radius 3 is 2.59 bits per heavy atom. The summed E-state index contributed by atoms with van der Waals surface area (Å²) in [5, 5.41) is 12.1. The maximum Gasteiger partial charge on any atom is 0.251 e. The molecule has 1 fully saturated rings. The lowest BCUT2D eigenvalue weighted by Crippen LogP contribution is -2.49. The van der Waals surface area contributed by atoms with Crippen molar-refractivity contribution >= 4 is 11.8 Å². The van der Waals surface area contributed by atoms with Gasteiger partial charge in [0.1, 0.15) is 5.75 Å². The minimum absolute atomic E-state index is 0.108. The topological polar surface area (TPSA) is 78.9 Å². The average Bonchev–Trinajstić information content (AvgIpc) is 2.71. The fourth-order valence-corrected chi connectivity index (χ4v) is 3.04. The smallest absolute Gasteiger partial charge is 0.251 e. The molecule has 1 aliphatic heterocycles. The zero-order chi connectivity index (χ0) is 19.1. The Morgan fingerprint density at radius 1 is 1.11 bits per heavy atom. The monoisotopic (exact) mass is 368 g/mol. The molecular weight excluding hydrogens is 344 g/mol. The first kappa shape index (κ1) is 18.9. The van der Waals surface area contributed by atoms with Crippen molar-refractivity contribution < 1.29 is 19.4 Å². The van der Waals surface area contributed by atoms with E-state index in [-0.39, 0.29) is 23.7 Å². The number of phenols is 1. The van der Waals surface area contributed by atoms with Crippen LogP contribution in [0.2, 0.25) is 0 Å². The van der Waals surface area contributed by atoms with E-state index in [9.17, 15) is 14.7 Å². The van der Waals surface area contributed by atoms with Crippen molar-refractivity contribution in [3.63, 3.8) is 0 Å². The molecule has 2 aromatic carbocycles. The number of carbonyl (C=O) groups is 2. The Labute approximate surface area is 158 Å². The Morgan fingerprint density at radius 2 is 1.85 bits per heavy atom. The summed E-state index contributed by atoms with van der Waals surface area (Å²) in [6, 6.07) is 16.0. The molecule has 2 amide bonds. The van der Waals surface area contributed by atoms with Gasteiger partial charge in [0.25, 0.3) is 5.91 Å². The molecule has 27 heavy (non-hydrogen) atoms. The van der Waals surface area contributed by atoms with Crippen molar-refractivity contribution in [2.45, 2.75) is 18.9 Å². The first-order valence-electron chi connectivity index (χ1n) is 9.12. The van der Waals surface area contributed by atoms with Crippen molar-refractivity contribution in [1.29, 1.82) is 0 Å². The normalized spacial score (nSPS) is 16.7. The minimum Gasteiger partial charge on any atom is -0.508 e. The fraction of sp³-hybridized carbons (Fsp3) is 0.333. The van der Waals surface area contributed by atoms with Gasteiger partial charge < -0.3 is 20.1 Å². The molecule has 0 bridgehead atoms. The Kier molecular flexibility index (Phi) is 6.44. The average molecular weight is 368 g/mol. The maximum atomic E-state index is 12.5. The lowest BCUT2D eigenvalue weighted by atomic mass is 10.1. The molecule has 2 N–H and O–H groups in total. The highest BCUT2D eigenvalue weighted by Crippen LogP contribution is 2.11. The second kappa shape index (κ2) is 9.19. The number of hydrogen-bond acceptors (Lipinski definition) is 4. The number of morpholine rings is 1. The number of ether oxygens (including phenoxy) is 1. The zero-order valence-electron chi connectivity index (χ0n) is 15.1. The molecule has 0 spiro atoms. The molecule has 0 radical (unpaired) electrons. The van der Waals surface area contributed by atoms with Crippen LogP contribution in [0.4, 0.5) is 0 Å². The summed E-state index contributed by atoms with van der Waals surface area (Å²) in [5.74, 6) is -0.00466. The van der Waals surface area contributed by atoms with Crippen LogP contribution >= 0.6 is 0 Å². The highest BCUT2D eigenvalue weighted by atomic mass is 16.5. The number of aryl methyl sites for hydroxylation is 1. The molecule has 3 rings (SSSR count). The van der Waals surface area contributed by atoms with E-state index in [0.717, 1.165) is 12.0 Å². The number of aromatic hydroxyl groups is 1. The van der Waals surface area contributed by atoms with Crippen LogP contribution in [0.5, 0.6) is 5.75 Å². The van der Waals surface area contributed by atoms with Gasteiger partial charge >= 0.3 is 0 Å². The van der Waals surface area contributed by atoms with Crippen LogP contribution in [0.1, 0.15) is 22.3 Å². The van der Waals surface area contributed by atoms with Crippen LogP contribution in [0, 0.1) is 0 Å². The van der Waals surface area contributed by atoms with E-state index in [1.165, 1.54) is 12.1 Å². The SMILES string of the molecule is O=C(NCC1CN(C(=O)CCc2ccccc2)CCO1)c1ccc(O)cc1. The quantitative estimate of drug-likeness (QED) is 0.817. The summed E-state index contributed by atoms with van der Waals surface area (Å²) in [6.07, 6.45) is 0.969. The van der Waals surface area contributed by atoms with Gasteiger partial charge in [-0.15, -0.1) is 0 Å². The van der Waals surface area contributed by atoms with E-state index in [4.69, 9.17) is 4.74 Å². The predicted octanol–water partition coefficient (Wildman–Crippen LogP) is 1.98. The van der Waals surface area contributed by atoms with Crippen LogP contribution in [-0.4, -0.2) is 54.2 Å². The van der Waals surface area contributed by atoms with E-state index in [1.54, 1.807) is 12.1 Å². The third-order valence-corrected chi connectivity index (χ3v) is 4.58. The van der Waals surface area contributed by atoms with E-state index >= 15 is 0 Å². The van der Waals surface area contributed by atoms with Gasteiger partial charge in [-0.2, -0.15) is 0 Å². The molecule has 2 aromatic rings. The van der Waals surface area contributed by atoms with E-state index < -0.39 is 0 Å². The predicted molar refractivity (Wildman–Crippen MR) is 102 cm³/mol. The maximum absolute atomic E-state index is 12.5. The number of amides is 2. The number of hydrogen-bond donors (Lipinski definition) is 2. The first-order chi connectivity index (χ1) is 13.1. The van der Waals surface area contributed by atoms with Gasteiger partial charge in [-0.25, -0.2) is 0 Å². The van der Waals surface area contributed by atoms with Gasteiger partial charge in [0, 0.05) is 31.6 Å². The third-order valence-electron chi connectivity index (χ3n) is 4.58. The van der Waals surface area contributed by atoms with Crippen molar-refractivity contribution in [3.8, 4) is 5.75 Å². The van der Waals surface area contributed by atoms with E-state index in [0.29, 0.717) is 38.2 Å². The minimum atomic E-state index is -0.230. The number of benzene rings is 2. The van der Waals surface area contributed by atoms with Crippen LogP contribution in [0.3, 0.4) is 0 Å². The van der Waals surface area contributed by atoms with Crippen LogP contribution in [0.25, 0.3) is 0 Å². The van der Waals surface area contributed by atoms with Gasteiger partial charge in [0.05, 0.1) is 12.7 Å². The van der Waals surface area contributed by atoms with Gasteiger partial charge in [-0.3, -0.25) is 9.59 Å². The van der Waals surface area contributed by atoms with Crippen molar-refractivity contribution in [3.05, 3.63) is 65.7 Å². The Hall–Kier alpha value is -2.86. The highest BCUT2D eigenvalue weighted by Gasteiger charge is 2.24. The molecule has 1 aliphatic rings. The number of nitrogens with zero attached hydrogens (tertiary/aromatic N) is 1. The summed E-state index contributed by atoms with van der Waals surface area (Å²) in [4.78, 5) is 26.4. The number of phenolic OH excluding ortho intramolecular Hbond substituents is 1. The van der Waals surface area contributed by atoms with Gasteiger partial charge in [-0.1, -0.05) is 30.3 Å². The summed E-state index contributed by atoms with van der Waals surface area (Å²) in [5.41, 5.74) is 1.62. The van der Waals surface area contributed by atoms with Crippen molar-refractivity contribution in [1.82, 2.24) is 10.2 Å². The lowest BCUT2D eigenvalue weighted by molar-refractivity contribution is -0.138. The molecule has 0 aromatic heterocycles. The summed E-state index contributed by atoms with van der Waals surface area (Å²) in [6.45, 7) is 1.86. The first-order valence-corrected chi connectivity index (χ1v) is 9.12. The molecule has 1 heterocycles. The highest BCUT2D eigenvalue weighted by molar-refractivity contribution is 5.94. The standard InChI is InChI=1S/C21H24N2O4/c24-18-9-7-17(8-10-18)21(26)22-14-19-15-23(12-13-27-19)20(25)11-6-16-4-2-1-3-5-16/h1-5,7-10,19,24H,6,11-15H2,(H,22,26). The lowest BCUT2D eigenvalue weighted by Gasteiger charge is -2.33. The molecular formula is C21H24N2O4. The molecule has 6 nitrogen and oxygen atoms in total. The van der Waals surface area contributed by atoms with E-state index in [2.05, 4.69) is 5.32 Å². The summed E-state index contributed by atoms with van der Waals surface area (Å²) >= 11 is 0. The van der Waals surface area contributed by atoms with Crippen LogP contribution in [0.15, 0.2) is 54.6 Å².